The highest BCUT2D eigenvalue weighted by Gasteiger charge is 2.63. The van der Waals surface area contributed by atoms with Gasteiger partial charge in [0.15, 0.2) is 5.82 Å². The molecule has 0 bridgehead atoms. The first-order chi connectivity index (χ1) is 21.9. The van der Waals surface area contributed by atoms with E-state index >= 15 is 0 Å². The molecule has 1 aromatic heterocycles. The Morgan fingerprint density at radius 1 is 1.20 bits per heavy atom. The lowest BCUT2D eigenvalue weighted by Gasteiger charge is -2.29. The van der Waals surface area contributed by atoms with Crippen molar-refractivity contribution in [2.75, 3.05) is 6.54 Å². The first-order valence-electron chi connectivity index (χ1n) is 15.7. The molecular formula is C31H38ClFN6O6S. The predicted octanol–water partition coefficient (Wildman–Crippen LogP) is 2.93. The number of halogens is 2. The summed E-state index contributed by atoms with van der Waals surface area (Å²) in [6.07, 6.45) is 7.83. The molecule has 46 heavy (non-hydrogen) atoms. The highest BCUT2D eigenvalue weighted by atomic mass is 35.5. The summed E-state index contributed by atoms with van der Waals surface area (Å²) in [5, 5.41) is 2.84. The van der Waals surface area contributed by atoms with Crippen molar-refractivity contribution in [2.24, 2.45) is 5.92 Å². The van der Waals surface area contributed by atoms with Crippen LogP contribution in [-0.4, -0.2) is 76.0 Å². The number of para-hydroxylation sites is 1. The zero-order valence-electron chi connectivity index (χ0n) is 25.7. The van der Waals surface area contributed by atoms with Gasteiger partial charge in [0.25, 0.3) is 5.91 Å². The first kappa shape index (κ1) is 32.6. The third-order valence-corrected chi connectivity index (χ3v) is 12.1. The molecule has 3 amide bonds. The van der Waals surface area contributed by atoms with Crippen LogP contribution >= 0.6 is 11.8 Å². The molecule has 6 rings (SSSR count). The summed E-state index contributed by atoms with van der Waals surface area (Å²) in [6.45, 7) is 3.25. The number of ether oxygens (including phenoxy) is 1. The summed E-state index contributed by atoms with van der Waals surface area (Å²) in [6, 6.07) is 2.61. The van der Waals surface area contributed by atoms with E-state index in [0.717, 1.165) is 25.7 Å². The number of hydrogen-bond donors (Lipinski definition) is 3. The normalized spacial score (nSPS) is 30.3. The molecule has 0 spiro atoms. The molecule has 12 nitrogen and oxygen atoms in total. The fraction of sp³-hybridized carbons (Fsp3) is 0.581. The van der Waals surface area contributed by atoms with E-state index in [-0.39, 0.29) is 30.8 Å². The van der Waals surface area contributed by atoms with E-state index in [4.69, 9.17) is 16.5 Å². The van der Waals surface area contributed by atoms with Gasteiger partial charge in [-0.3, -0.25) is 19.1 Å². The van der Waals surface area contributed by atoms with Gasteiger partial charge in [0, 0.05) is 12.3 Å². The van der Waals surface area contributed by atoms with Gasteiger partial charge in [-0.25, -0.2) is 27.6 Å². The summed E-state index contributed by atoms with van der Waals surface area (Å²) in [4.78, 5) is 54.2. The highest BCUT2D eigenvalue weighted by Crippen LogP contribution is 2.47. The lowest BCUT2D eigenvalue weighted by molar-refractivity contribution is -0.141. The molecule has 2 saturated carbocycles. The number of carbonyl (C=O) groups is 3. The van der Waals surface area contributed by atoms with Crippen LogP contribution in [0.1, 0.15) is 70.4 Å². The topological polar surface area (TPSA) is 160 Å². The van der Waals surface area contributed by atoms with Crippen molar-refractivity contribution in [2.45, 2.75) is 100 Å². The van der Waals surface area contributed by atoms with E-state index in [1.54, 1.807) is 19.9 Å². The lowest BCUT2D eigenvalue weighted by Crippen LogP contribution is -2.58. The van der Waals surface area contributed by atoms with Crippen molar-refractivity contribution in [3.63, 3.8) is 0 Å². The molecule has 3 heterocycles. The van der Waals surface area contributed by atoms with Gasteiger partial charge >= 0.3 is 0 Å². The van der Waals surface area contributed by atoms with Crippen molar-refractivity contribution < 1.29 is 31.9 Å². The summed E-state index contributed by atoms with van der Waals surface area (Å²) < 4.78 is 47.8. The monoisotopic (exact) mass is 676 g/mol. The number of aryl methyl sites for hydroxylation is 1. The van der Waals surface area contributed by atoms with E-state index in [1.807, 2.05) is 12.2 Å². The smallest absolute Gasteiger partial charge is 0.259 e. The molecule has 248 valence electrons. The molecule has 2 aliphatic heterocycles. The van der Waals surface area contributed by atoms with E-state index in [9.17, 15) is 27.2 Å². The van der Waals surface area contributed by atoms with Crippen LogP contribution in [-0.2, 0) is 24.4 Å². The molecule has 2 aliphatic carbocycles. The van der Waals surface area contributed by atoms with Crippen molar-refractivity contribution in [3.05, 3.63) is 41.9 Å². The van der Waals surface area contributed by atoms with Crippen LogP contribution in [0.15, 0.2) is 30.4 Å². The van der Waals surface area contributed by atoms with Gasteiger partial charge in [-0.2, -0.15) is 0 Å². The third-order valence-electron chi connectivity index (χ3n) is 9.66. The van der Waals surface area contributed by atoms with Gasteiger partial charge < -0.3 is 15.0 Å². The van der Waals surface area contributed by atoms with Crippen LogP contribution in [0.5, 0.6) is 5.88 Å². The Morgan fingerprint density at radius 2 is 1.98 bits per heavy atom. The van der Waals surface area contributed by atoms with Gasteiger partial charge in [-0.05, 0) is 76.3 Å². The molecule has 3 fully saturated rings. The summed E-state index contributed by atoms with van der Waals surface area (Å²) in [5.41, 5.74) is -0.676. The molecular weight excluding hydrogens is 639 g/mol. The molecule has 15 heteroatoms. The zero-order chi connectivity index (χ0) is 32.9. The van der Waals surface area contributed by atoms with Gasteiger partial charge in [-0.1, -0.05) is 31.1 Å². The standard InChI is InChI=1S/C31H38ClFN6O6S/c1-18-27(35-25-21(33)10-8-12-22(25)34-18)45-20-15-24-26(40)36-31(29(42)38-46(43,44)30(2)13-14-30)16-19(31)9-6-4-3-5-7-11-23(37-32)28(41)39(24)17-20/h6,8-10,12,19-20,23-24,37H,3-5,7,11,13-17H2,1-2H3,(H,36,40)(H,38,42)/b9-6-/t19-,20-,23+,24+,31-/m1/s1. The largest absolute Gasteiger partial charge is 0.471 e. The average molecular weight is 677 g/mol. The quantitative estimate of drug-likeness (QED) is 0.309. The molecule has 0 radical (unpaired) electrons. The zero-order valence-corrected chi connectivity index (χ0v) is 27.3. The Hall–Kier alpha value is -3.36. The SMILES string of the molecule is Cc1nc2cccc(F)c2nc1O[C@@H]1C[C@H]2C(=O)N[C@]3(C(=O)NS(=O)(=O)C4(C)CC4)C[C@H]3/C=C\CCCCC[C@H](NCl)C(=O)N2C1. The number of nitrogens with one attached hydrogen (secondary N) is 3. The molecule has 1 aromatic carbocycles. The number of fused-ring (bicyclic) bond motifs is 3. The van der Waals surface area contributed by atoms with Gasteiger partial charge in [0.05, 0.1) is 16.8 Å². The van der Waals surface area contributed by atoms with Crippen molar-refractivity contribution in [3.8, 4) is 5.88 Å². The third kappa shape index (κ3) is 6.18. The van der Waals surface area contributed by atoms with Crippen LogP contribution in [0.3, 0.4) is 0 Å². The number of nitrogens with zero attached hydrogens (tertiary/aromatic N) is 3. The Kier molecular flexibility index (Phi) is 8.74. The van der Waals surface area contributed by atoms with E-state index in [2.05, 4.69) is 24.8 Å². The summed E-state index contributed by atoms with van der Waals surface area (Å²) >= 11 is 6.03. The summed E-state index contributed by atoms with van der Waals surface area (Å²) in [5.74, 6) is -2.71. The second-order valence-corrected chi connectivity index (χ2v) is 15.5. The van der Waals surface area contributed by atoms with Crippen LogP contribution in [0.4, 0.5) is 4.39 Å². The number of carbonyl (C=O) groups excluding carboxylic acids is 3. The predicted molar refractivity (Wildman–Crippen MR) is 167 cm³/mol. The molecule has 1 saturated heterocycles. The number of benzene rings is 1. The Balaban J connectivity index is 1.29. The Labute approximate surface area is 272 Å². The van der Waals surface area contributed by atoms with E-state index in [0.29, 0.717) is 30.5 Å². The van der Waals surface area contributed by atoms with Crippen molar-refractivity contribution in [1.29, 1.82) is 0 Å². The van der Waals surface area contributed by atoms with Crippen LogP contribution in [0.2, 0.25) is 0 Å². The second-order valence-electron chi connectivity index (χ2n) is 13.1. The van der Waals surface area contributed by atoms with Gasteiger partial charge in [0.2, 0.25) is 27.7 Å². The lowest BCUT2D eigenvalue weighted by atomic mass is 10.1. The van der Waals surface area contributed by atoms with Crippen LogP contribution in [0, 0.1) is 18.7 Å². The number of amides is 3. The molecule has 4 aliphatic rings. The van der Waals surface area contributed by atoms with Gasteiger partial charge in [0.1, 0.15) is 34.9 Å². The van der Waals surface area contributed by atoms with E-state index in [1.165, 1.54) is 17.0 Å². The van der Waals surface area contributed by atoms with Crippen molar-refractivity contribution >= 4 is 50.6 Å². The Morgan fingerprint density at radius 3 is 2.72 bits per heavy atom. The number of aromatic nitrogens is 2. The fourth-order valence-electron chi connectivity index (χ4n) is 6.30. The molecule has 5 atom stereocenters. The van der Waals surface area contributed by atoms with Gasteiger partial charge in [-0.15, -0.1) is 0 Å². The number of sulfonamides is 1. The average Bonchev–Trinajstić information content (AvgIpc) is 3.89. The minimum atomic E-state index is -3.96. The molecule has 2 aromatic rings. The first-order valence-corrected chi connectivity index (χ1v) is 17.6. The Bertz CT molecular complexity index is 1700. The number of rotatable bonds is 6. The van der Waals surface area contributed by atoms with Crippen molar-refractivity contribution in [1.82, 2.24) is 29.7 Å². The highest BCUT2D eigenvalue weighted by molar-refractivity contribution is 7.91. The van der Waals surface area contributed by atoms with E-state index < -0.39 is 68.0 Å². The number of allylic oxidation sites excluding steroid dienone is 1. The minimum absolute atomic E-state index is 0.00230. The maximum Gasteiger partial charge on any atom is 0.259 e. The molecule has 3 N–H and O–H groups in total. The van der Waals surface area contributed by atoms with Crippen LogP contribution < -0.4 is 19.6 Å². The number of hydrogen-bond acceptors (Lipinski definition) is 9. The minimum Gasteiger partial charge on any atom is -0.471 e. The summed E-state index contributed by atoms with van der Waals surface area (Å²) in [7, 11) is -3.96. The maximum atomic E-state index is 14.5. The van der Waals surface area contributed by atoms with Crippen LogP contribution in [0.25, 0.3) is 11.0 Å². The maximum absolute atomic E-state index is 14.5. The fourth-order valence-corrected chi connectivity index (χ4v) is 7.81. The molecule has 0 unspecified atom stereocenters. The second kappa shape index (κ2) is 12.3.